The zero-order chi connectivity index (χ0) is 12.3. The molecule has 1 aliphatic rings. The lowest BCUT2D eigenvalue weighted by molar-refractivity contribution is 0.0767. The van der Waals surface area contributed by atoms with Crippen LogP contribution in [0.5, 0.6) is 0 Å². The first-order chi connectivity index (χ1) is 8.24. The molecule has 1 fully saturated rings. The quantitative estimate of drug-likeness (QED) is 0.895. The average Bonchev–Trinajstić information content (AvgIpc) is 2.71. The van der Waals surface area contributed by atoms with Gasteiger partial charge in [0.1, 0.15) is 0 Å². The molecule has 1 atom stereocenters. The molecule has 1 heterocycles. The van der Waals surface area contributed by atoms with Crippen LogP contribution in [0.15, 0.2) is 6.20 Å². The predicted octanol–water partition coefficient (Wildman–Crippen LogP) is 3.56. The molecule has 1 unspecified atom stereocenters. The van der Waals surface area contributed by atoms with Crippen molar-refractivity contribution in [3.05, 3.63) is 16.9 Å². The van der Waals surface area contributed by atoms with Gasteiger partial charge in [0.2, 0.25) is 0 Å². The molecule has 0 aromatic carbocycles. The van der Waals surface area contributed by atoms with E-state index in [0.717, 1.165) is 31.5 Å². The molecule has 0 radical (unpaired) electrons. The van der Waals surface area contributed by atoms with Gasteiger partial charge in [-0.1, -0.05) is 37.8 Å². The van der Waals surface area contributed by atoms with Crippen molar-refractivity contribution in [1.29, 1.82) is 0 Å². The molecular formula is C13H21ClN2O. The van der Waals surface area contributed by atoms with E-state index in [9.17, 15) is 5.11 Å². The van der Waals surface area contributed by atoms with Crippen molar-refractivity contribution in [2.45, 2.75) is 58.1 Å². The highest BCUT2D eigenvalue weighted by atomic mass is 35.5. The molecule has 1 saturated carbocycles. The molecule has 1 aromatic heterocycles. The van der Waals surface area contributed by atoms with Crippen molar-refractivity contribution in [2.24, 2.45) is 5.92 Å². The number of aromatic nitrogens is 2. The number of nitrogens with zero attached hydrogens (tertiary/aromatic N) is 2. The fraction of sp³-hybridized carbons (Fsp3) is 0.769. The molecule has 96 valence electrons. The smallest absolute Gasteiger partial charge is 0.0999 e. The van der Waals surface area contributed by atoms with Crippen molar-refractivity contribution >= 4 is 11.6 Å². The highest BCUT2D eigenvalue weighted by molar-refractivity contribution is 6.31. The lowest BCUT2D eigenvalue weighted by Crippen LogP contribution is -2.19. The maximum absolute atomic E-state index is 10.5. The van der Waals surface area contributed by atoms with Crippen LogP contribution in [-0.4, -0.2) is 14.9 Å². The van der Waals surface area contributed by atoms with Crippen LogP contribution in [0.1, 0.15) is 57.2 Å². The lowest BCUT2D eigenvalue weighted by Gasteiger charge is -2.27. The van der Waals surface area contributed by atoms with Crippen LogP contribution in [0.4, 0.5) is 0 Å². The van der Waals surface area contributed by atoms with Gasteiger partial charge in [0.15, 0.2) is 0 Å². The van der Waals surface area contributed by atoms with Crippen LogP contribution < -0.4 is 0 Å². The number of aryl methyl sites for hydroxylation is 1. The summed E-state index contributed by atoms with van der Waals surface area (Å²) in [7, 11) is 0. The van der Waals surface area contributed by atoms with E-state index in [0.29, 0.717) is 10.9 Å². The molecule has 0 spiro atoms. The average molecular weight is 257 g/mol. The molecule has 1 aromatic rings. The summed E-state index contributed by atoms with van der Waals surface area (Å²) in [6.45, 7) is 2.93. The number of aliphatic hydroxyl groups excluding tert-OH is 1. The first kappa shape index (κ1) is 12.9. The third-order valence-electron chi connectivity index (χ3n) is 3.65. The fourth-order valence-electron chi connectivity index (χ4n) is 2.73. The summed E-state index contributed by atoms with van der Waals surface area (Å²) in [6, 6.07) is 0. The Morgan fingerprint density at radius 1 is 1.47 bits per heavy atom. The Morgan fingerprint density at radius 3 is 2.82 bits per heavy atom. The Hall–Kier alpha value is -0.540. The molecule has 0 bridgehead atoms. The second-order valence-electron chi connectivity index (χ2n) is 4.94. The number of rotatable bonds is 4. The molecule has 0 amide bonds. The van der Waals surface area contributed by atoms with E-state index in [1.807, 2.05) is 4.68 Å². The van der Waals surface area contributed by atoms with Gasteiger partial charge in [-0.15, -0.1) is 0 Å². The summed E-state index contributed by atoms with van der Waals surface area (Å²) in [5.74, 6) is 0.355. The van der Waals surface area contributed by atoms with Gasteiger partial charge in [-0.05, 0) is 25.2 Å². The minimum Gasteiger partial charge on any atom is -0.386 e. The number of hydrogen-bond donors (Lipinski definition) is 1. The van der Waals surface area contributed by atoms with Crippen molar-refractivity contribution in [3.8, 4) is 0 Å². The van der Waals surface area contributed by atoms with E-state index in [1.54, 1.807) is 6.20 Å². The lowest BCUT2D eigenvalue weighted by atomic mass is 9.84. The number of aliphatic hydroxyl groups is 1. The Kier molecular flexibility index (Phi) is 4.46. The summed E-state index contributed by atoms with van der Waals surface area (Å²) in [6.07, 6.45) is 8.16. The normalized spacial score (nSPS) is 19.5. The topological polar surface area (TPSA) is 38.0 Å². The Bertz CT molecular complexity index is 358. The van der Waals surface area contributed by atoms with Crippen LogP contribution in [-0.2, 0) is 6.54 Å². The Labute approximate surface area is 108 Å². The molecule has 2 rings (SSSR count). The summed E-state index contributed by atoms with van der Waals surface area (Å²) in [4.78, 5) is 0. The van der Waals surface area contributed by atoms with Crippen molar-refractivity contribution in [3.63, 3.8) is 0 Å². The van der Waals surface area contributed by atoms with E-state index in [-0.39, 0.29) is 0 Å². The third kappa shape index (κ3) is 2.83. The van der Waals surface area contributed by atoms with Crippen LogP contribution >= 0.6 is 11.6 Å². The molecule has 1 aliphatic carbocycles. The van der Waals surface area contributed by atoms with Gasteiger partial charge in [-0.25, -0.2) is 0 Å². The van der Waals surface area contributed by atoms with Crippen LogP contribution in [0.3, 0.4) is 0 Å². The van der Waals surface area contributed by atoms with Gasteiger partial charge in [0.25, 0.3) is 0 Å². The van der Waals surface area contributed by atoms with Crippen LogP contribution in [0.25, 0.3) is 0 Å². The van der Waals surface area contributed by atoms with Gasteiger partial charge in [0, 0.05) is 6.54 Å². The molecule has 17 heavy (non-hydrogen) atoms. The monoisotopic (exact) mass is 256 g/mol. The van der Waals surface area contributed by atoms with Crippen molar-refractivity contribution in [1.82, 2.24) is 9.78 Å². The summed E-state index contributed by atoms with van der Waals surface area (Å²) in [5, 5.41) is 15.3. The number of hydrogen-bond acceptors (Lipinski definition) is 2. The third-order valence-corrected chi connectivity index (χ3v) is 3.94. The van der Waals surface area contributed by atoms with Gasteiger partial charge in [0.05, 0.1) is 23.0 Å². The zero-order valence-corrected chi connectivity index (χ0v) is 11.2. The van der Waals surface area contributed by atoms with Gasteiger partial charge < -0.3 is 5.11 Å². The Morgan fingerprint density at radius 2 is 2.18 bits per heavy atom. The summed E-state index contributed by atoms with van der Waals surface area (Å²) < 4.78 is 1.86. The molecule has 3 nitrogen and oxygen atoms in total. The van der Waals surface area contributed by atoms with Crippen molar-refractivity contribution in [2.75, 3.05) is 0 Å². The predicted molar refractivity (Wildman–Crippen MR) is 69.1 cm³/mol. The zero-order valence-electron chi connectivity index (χ0n) is 10.4. The maximum Gasteiger partial charge on any atom is 0.0999 e. The standard InChI is InChI=1S/C13H21ClN2O/c1-2-8-16-12(11(14)9-15-16)13(17)10-6-4-3-5-7-10/h9-10,13,17H,2-8H2,1H3. The minimum absolute atomic E-state index is 0.355. The van der Waals surface area contributed by atoms with Crippen LogP contribution in [0, 0.1) is 5.92 Å². The highest BCUT2D eigenvalue weighted by Crippen LogP contribution is 2.36. The van der Waals surface area contributed by atoms with E-state index >= 15 is 0 Å². The first-order valence-corrected chi connectivity index (χ1v) is 7.01. The number of halogens is 1. The highest BCUT2D eigenvalue weighted by Gasteiger charge is 2.27. The maximum atomic E-state index is 10.5. The second kappa shape index (κ2) is 5.87. The second-order valence-corrected chi connectivity index (χ2v) is 5.35. The SMILES string of the molecule is CCCn1ncc(Cl)c1C(O)C1CCCCC1. The molecule has 4 heteroatoms. The van der Waals surface area contributed by atoms with Crippen LogP contribution in [0.2, 0.25) is 5.02 Å². The van der Waals surface area contributed by atoms with E-state index in [4.69, 9.17) is 11.6 Å². The molecular weight excluding hydrogens is 236 g/mol. The van der Waals surface area contributed by atoms with Gasteiger partial charge >= 0.3 is 0 Å². The summed E-state index contributed by atoms with van der Waals surface area (Å²) >= 11 is 6.15. The van der Waals surface area contributed by atoms with Gasteiger partial charge in [-0.3, -0.25) is 4.68 Å². The van der Waals surface area contributed by atoms with E-state index in [2.05, 4.69) is 12.0 Å². The Balaban J connectivity index is 2.16. The molecule has 0 aliphatic heterocycles. The van der Waals surface area contributed by atoms with E-state index < -0.39 is 6.10 Å². The van der Waals surface area contributed by atoms with Crippen molar-refractivity contribution < 1.29 is 5.11 Å². The minimum atomic E-state index is -0.447. The van der Waals surface area contributed by atoms with E-state index in [1.165, 1.54) is 19.3 Å². The summed E-state index contributed by atoms with van der Waals surface area (Å²) in [5.41, 5.74) is 0.820. The largest absolute Gasteiger partial charge is 0.386 e. The fourth-order valence-corrected chi connectivity index (χ4v) is 2.98. The molecule has 0 saturated heterocycles. The first-order valence-electron chi connectivity index (χ1n) is 6.63. The van der Waals surface area contributed by atoms with Gasteiger partial charge in [-0.2, -0.15) is 5.10 Å². The molecule has 1 N–H and O–H groups in total.